The molecule has 0 fully saturated rings. The number of aromatic nitrogens is 2. The van der Waals surface area contributed by atoms with Gasteiger partial charge in [0.1, 0.15) is 0 Å². The van der Waals surface area contributed by atoms with E-state index in [1.54, 1.807) is 4.90 Å². The van der Waals surface area contributed by atoms with Crippen LogP contribution >= 0.6 is 0 Å². The molecule has 0 saturated carbocycles. The number of amides is 1. The van der Waals surface area contributed by atoms with E-state index in [2.05, 4.69) is 10.2 Å². The molecule has 2 heterocycles. The highest BCUT2D eigenvalue weighted by Gasteiger charge is 2.21. The predicted octanol–water partition coefficient (Wildman–Crippen LogP) is 1.04. The van der Waals surface area contributed by atoms with Crippen molar-refractivity contribution in [3.8, 4) is 0 Å². The van der Waals surface area contributed by atoms with Crippen LogP contribution in [0.2, 0.25) is 0 Å². The maximum Gasteiger partial charge on any atom is 0.258 e. The smallest absolute Gasteiger partial charge is 0.258 e. The molecular formula is C10H13N3O. The lowest BCUT2D eigenvalue weighted by atomic mass is 10.2. The highest BCUT2D eigenvalue weighted by molar-refractivity contribution is 5.96. The number of nitrogens with one attached hydrogen (secondary N) is 1. The molecule has 0 spiro atoms. The first-order valence-corrected chi connectivity index (χ1v) is 4.66. The molecule has 1 aromatic heterocycles. The Morgan fingerprint density at radius 1 is 1.43 bits per heavy atom. The zero-order valence-corrected chi connectivity index (χ0v) is 8.37. The van der Waals surface area contributed by atoms with E-state index in [1.807, 2.05) is 26.0 Å². The Kier molecular flexibility index (Phi) is 2.11. The summed E-state index contributed by atoms with van der Waals surface area (Å²) in [6.07, 6.45) is 4.01. The fourth-order valence-electron chi connectivity index (χ4n) is 1.67. The van der Waals surface area contributed by atoms with E-state index in [1.165, 1.54) is 0 Å². The quantitative estimate of drug-likeness (QED) is 0.674. The largest absolute Gasteiger partial charge is 0.331 e. The molecule has 14 heavy (non-hydrogen) atoms. The Bertz CT molecular complexity index is 365. The van der Waals surface area contributed by atoms with E-state index in [0.717, 1.165) is 11.4 Å². The van der Waals surface area contributed by atoms with Gasteiger partial charge in [0.2, 0.25) is 0 Å². The molecule has 1 aliphatic heterocycles. The minimum absolute atomic E-state index is 0.0683. The Hall–Kier alpha value is -1.58. The average Bonchev–Trinajstić information content (AvgIpc) is 2.75. The summed E-state index contributed by atoms with van der Waals surface area (Å²) in [6, 6.07) is 0. The number of H-pyrrole nitrogens is 1. The van der Waals surface area contributed by atoms with E-state index >= 15 is 0 Å². The standard InChI is InChI=1S/C10H13N3O/c1-7-9(8(2)12-11-7)10(14)13-5-3-4-6-13/h3-4H,5-6H2,1-2H3,(H,11,12). The molecule has 0 aliphatic carbocycles. The van der Waals surface area contributed by atoms with Crippen LogP contribution in [-0.2, 0) is 0 Å². The summed E-state index contributed by atoms with van der Waals surface area (Å²) in [7, 11) is 0. The van der Waals surface area contributed by atoms with Gasteiger partial charge in [-0.15, -0.1) is 0 Å². The highest BCUT2D eigenvalue weighted by atomic mass is 16.2. The van der Waals surface area contributed by atoms with E-state index in [9.17, 15) is 4.79 Å². The number of aromatic amines is 1. The summed E-state index contributed by atoms with van der Waals surface area (Å²) in [5, 5.41) is 6.84. The minimum atomic E-state index is 0.0683. The van der Waals surface area contributed by atoms with E-state index in [4.69, 9.17) is 0 Å². The molecule has 0 aromatic carbocycles. The van der Waals surface area contributed by atoms with E-state index in [-0.39, 0.29) is 5.91 Å². The van der Waals surface area contributed by atoms with Crippen molar-refractivity contribution >= 4 is 5.91 Å². The van der Waals surface area contributed by atoms with Crippen LogP contribution in [0.25, 0.3) is 0 Å². The van der Waals surface area contributed by atoms with Crippen LogP contribution in [0.4, 0.5) is 0 Å². The van der Waals surface area contributed by atoms with Gasteiger partial charge < -0.3 is 4.90 Å². The number of carbonyl (C=O) groups excluding carboxylic acids is 1. The highest BCUT2D eigenvalue weighted by Crippen LogP contribution is 2.14. The molecule has 4 nitrogen and oxygen atoms in total. The monoisotopic (exact) mass is 191 g/mol. The van der Waals surface area contributed by atoms with Crippen molar-refractivity contribution in [2.75, 3.05) is 13.1 Å². The minimum Gasteiger partial charge on any atom is -0.331 e. The van der Waals surface area contributed by atoms with Gasteiger partial charge in [-0.05, 0) is 13.8 Å². The summed E-state index contributed by atoms with van der Waals surface area (Å²) < 4.78 is 0. The third-order valence-electron chi connectivity index (χ3n) is 2.45. The van der Waals surface area contributed by atoms with Crippen molar-refractivity contribution in [3.05, 3.63) is 29.1 Å². The van der Waals surface area contributed by atoms with Gasteiger partial charge in [0.05, 0.1) is 11.3 Å². The molecule has 0 radical (unpaired) electrons. The van der Waals surface area contributed by atoms with Crippen molar-refractivity contribution < 1.29 is 4.79 Å². The first-order valence-electron chi connectivity index (χ1n) is 4.66. The van der Waals surface area contributed by atoms with Crippen molar-refractivity contribution in [1.29, 1.82) is 0 Å². The predicted molar refractivity (Wildman–Crippen MR) is 53.1 cm³/mol. The van der Waals surface area contributed by atoms with Crippen LogP contribution in [0.1, 0.15) is 21.7 Å². The second kappa shape index (κ2) is 3.29. The van der Waals surface area contributed by atoms with E-state index < -0.39 is 0 Å². The SMILES string of the molecule is Cc1n[nH]c(C)c1C(=O)N1CC=CC1. The molecule has 1 N–H and O–H groups in total. The summed E-state index contributed by atoms with van der Waals surface area (Å²) in [5.74, 6) is 0.0683. The van der Waals surface area contributed by atoms with Gasteiger partial charge in [-0.3, -0.25) is 9.89 Å². The number of rotatable bonds is 1. The summed E-state index contributed by atoms with van der Waals surface area (Å²) in [4.78, 5) is 13.8. The summed E-state index contributed by atoms with van der Waals surface area (Å²) in [5.41, 5.74) is 2.34. The normalized spacial score (nSPS) is 15.1. The van der Waals surface area contributed by atoms with E-state index in [0.29, 0.717) is 18.7 Å². The number of hydrogen-bond donors (Lipinski definition) is 1. The molecule has 0 atom stereocenters. The molecule has 1 aromatic rings. The van der Waals surface area contributed by atoms with Crippen molar-refractivity contribution in [2.45, 2.75) is 13.8 Å². The number of carbonyl (C=O) groups is 1. The van der Waals surface area contributed by atoms with Crippen molar-refractivity contribution in [1.82, 2.24) is 15.1 Å². The second-order valence-electron chi connectivity index (χ2n) is 3.49. The lowest BCUT2D eigenvalue weighted by Gasteiger charge is -2.15. The number of nitrogens with zero attached hydrogens (tertiary/aromatic N) is 2. The Morgan fingerprint density at radius 2 is 2.07 bits per heavy atom. The van der Waals surface area contributed by atoms with Gasteiger partial charge in [-0.25, -0.2) is 0 Å². The molecule has 2 rings (SSSR count). The number of aryl methyl sites for hydroxylation is 2. The lowest BCUT2D eigenvalue weighted by molar-refractivity contribution is 0.0798. The van der Waals surface area contributed by atoms with Crippen LogP contribution in [0.5, 0.6) is 0 Å². The fraction of sp³-hybridized carbons (Fsp3) is 0.400. The molecule has 4 heteroatoms. The van der Waals surface area contributed by atoms with Crippen LogP contribution in [0.3, 0.4) is 0 Å². The van der Waals surface area contributed by atoms with Gasteiger partial charge in [0, 0.05) is 18.8 Å². The fourth-order valence-corrected chi connectivity index (χ4v) is 1.67. The Balaban J connectivity index is 2.26. The Morgan fingerprint density at radius 3 is 2.57 bits per heavy atom. The van der Waals surface area contributed by atoms with Gasteiger partial charge >= 0.3 is 0 Å². The van der Waals surface area contributed by atoms with Crippen LogP contribution < -0.4 is 0 Å². The average molecular weight is 191 g/mol. The topological polar surface area (TPSA) is 49.0 Å². The maximum absolute atomic E-state index is 12.0. The molecule has 0 unspecified atom stereocenters. The molecule has 1 amide bonds. The van der Waals surface area contributed by atoms with Crippen LogP contribution in [0.15, 0.2) is 12.2 Å². The third-order valence-corrected chi connectivity index (χ3v) is 2.45. The zero-order valence-electron chi connectivity index (χ0n) is 8.37. The van der Waals surface area contributed by atoms with Gasteiger partial charge in [0.25, 0.3) is 5.91 Å². The molecule has 0 saturated heterocycles. The molecule has 1 aliphatic rings. The summed E-state index contributed by atoms with van der Waals surface area (Å²) >= 11 is 0. The first-order chi connectivity index (χ1) is 6.70. The third kappa shape index (κ3) is 1.32. The molecule has 74 valence electrons. The van der Waals surface area contributed by atoms with Gasteiger partial charge in [-0.2, -0.15) is 5.10 Å². The van der Waals surface area contributed by atoms with Crippen LogP contribution in [0, 0.1) is 13.8 Å². The Labute approximate surface area is 82.6 Å². The number of hydrogen-bond acceptors (Lipinski definition) is 2. The van der Waals surface area contributed by atoms with Gasteiger partial charge in [-0.1, -0.05) is 12.2 Å². The maximum atomic E-state index is 12.0. The molecular weight excluding hydrogens is 178 g/mol. The lowest BCUT2D eigenvalue weighted by Crippen LogP contribution is -2.28. The van der Waals surface area contributed by atoms with Crippen molar-refractivity contribution in [2.24, 2.45) is 0 Å². The van der Waals surface area contributed by atoms with Crippen LogP contribution in [-0.4, -0.2) is 34.1 Å². The molecule has 0 bridgehead atoms. The summed E-state index contributed by atoms with van der Waals surface area (Å²) in [6.45, 7) is 5.14. The first kappa shape index (κ1) is 8.99. The second-order valence-corrected chi connectivity index (χ2v) is 3.49. The van der Waals surface area contributed by atoms with Gasteiger partial charge in [0.15, 0.2) is 0 Å². The zero-order chi connectivity index (χ0) is 10.1. The van der Waals surface area contributed by atoms with Crippen molar-refractivity contribution in [3.63, 3.8) is 0 Å².